The lowest BCUT2D eigenvalue weighted by Gasteiger charge is -2.24. The zero-order chi connectivity index (χ0) is 10.7. The van der Waals surface area contributed by atoms with Gasteiger partial charge in [-0.15, -0.1) is 0 Å². The van der Waals surface area contributed by atoms with Crippen molar-refractivity contribution in [3.8, 4) is 5.75 Å². The summed E-state index contributed by atoms with van der Waals surface area (Å²) in [5.74, 6) is 1.40. The van der Waals surface area contributed by atoms with Gasteiger partial charge in [-0.3, -0.25) is 4.99 Å². The summed E-state index contributed by atoms with van der Waals surface area (Å²) in [6.07, 6.45) is 0.946. The second kappa shape index (κ2) is 4.21. The summed E-state index contributed by atoms with van der Waals surface area (Å²) >= 11 is 0. The number of ether oxygens (including phenoxy) is 1. The van der Waals surface area contributed by atoms with E-state index in [-0.39, 0.29) is 6.04 Å². The number of guanidine groups is 1. The van der Waals surface area contributed by atoms with Crippen molar-refractivity contribution in [2.75, 3.05) is 13.7 Å². The molecule has 0 aliphatic carbocycles. The van der Waals surface area contributed by atoms with Crippen molar-refractivity contribution in [2.24, 2.45) is 10.7 Å². The molecule has 80 valence electrons. The number of benzene rings is 1. The van der Waals surface area contributed by atoms with E-state index in [4.69, 9.17) is 10.5 Å². The fraction of sp³-hybridized carbons (Fsp3) is 0.364. The van der Waals surface area contributed by atoms with Gasteiger partial charge in [-0.25, -0.2) is 0 Å². The Bertz CT molecular complexity index is 376. The van der Waals surface area contributed by atoms with Crippen LogP contribution in [0.4, 0.5) is 0 Å². The van der Waals surface area contributed by atoms with Crippen LogP contribution in [0.1, 0.15) is 18.0 Å². The number of nitrogens with two attached hydrogens (primary N) is 1. The van der Waals surface area contributed by atoms with Gasteiger partial charge in [0.05, 0.1) is 13.2 Å². The lowest BCUT2D eigenvalue weighted by atomic mass is 10.0. The topological polar surface area (TPSA) is 59.6 Å². The lowest BCUT2D eigenvalue weighted by molar-refractivity contribution is 0.400. The zero-order valence-electron chi connectivity index (χ0n) is 8.73. The smallest absolute Gasteiger partial charge is 0.189 e. The van der Waals surface area contributed by atoms with Gasteiger partial charge in [0.1, 0.15) is 5.75 Å². The number of aliphatic imine (C=N–C) groups is 1. The zero-order valence-corrected chi connectivity index (χ0v) is 8.73. The Hall–Kier alpha value is -1.71. The summed E-state index contributed by atoms with van der Waals surface area (Å²) in [7, 11) is 1.68. The van der Waals surface area contributed by atoms with Gasteiger partial charge in [0.25, 0.3) is 0 Å². The van der Waals surface area contributed by atoms with E-state index in [1.54, 1.807) is 7.11 Å². The lowest BCUT2D eigenvalue weighted by Crippen LogP contribution is -2.38. The molecule has 0 amide bonds. The number of nitrogens with zero attached hydrogens (tertiary/aromatic N) is 1. The molecule has 0 radical (unpaired) electrons. The molecule has 0 fully saturated rings. The minimum Gasteiger partial charge on any atom is -0.496 e. The van der Waals surface area contributed by atoms with Crippen LogP contribution in [0.5, 0.6) is 5.75 Å². The molecule has 0 bridgehead atoms. The van der Waals surface area contributed by atoms with Crippen LogP contribution < -0.4 is 15.8 Å². The maximum Gasteiger partial charge on any atom is 0.189 e. The standard InChI is InChI=1S/C11H15N3O/c1-15-10-5-3-2-4-8(10)9-6-7-13-11(12)14-9/h2-5,9H,6-7H2,1H3,(H3,12,13,14). The molecule has 3 N–H and O–H groups in total. The van der Waals surface area contributed by atoms with Gasteiger partial charge in [0.2, 0.25) is 0 Å². The van der Waals surface area contributed by atoms with E-state index in [9.17, 15) is 0 Å². The quantitative estimate of drug-likeness (QED) is 0.758. The van der Waals surface area contributed by atoms with Crippen LogP contribution in [0.3, 0.4) is 0 Å². The molecule has 0 spiro atoms. The van der Waals surface area contributed by atoms with Gasteiger partial charge in [-0.1, -0.05) is 18.2 Å². The summed E-state index contributed by atoms with van der Waals surface area (Å²) in [5.41, 5.74) is 6.79. The first kappa shape index (κ1) is 9.83. The maximum atomic E-state index is 5.65. The van der Waals surface area contributed by atoms with E-state index in [1.807, 2.05) is 18.2 Å². The van der Waals surface area contributed by atoms with Crippen LogP contribution in [-0.2, 0) is 0 Å². The molecular formula is C11H15N3O. The number of hydrogen-bond donors (Lipinski definition) is 2. The third-order valence-electron chi connectivity index (χ3n) is 2.54. The van der Waals surface area contributed by atoms with Crippen LogP contribution >= 0.6 is 0 Å². The molecule has 4 nitrogen and oxygen atoms in total. The van der Waals surface area contributed by atoms with Crippen molar-refractivity contribution in [2.45, 2.75) is 12.5 Å². The van der Waals surface area contributed by atoms with E-state index in [0.29, 0.717) is 5.96 Å². The van der Waals surface area contributed by atoms with Gasteiger partial charge >= 0.3 is 0 Å². The predicted octanol–water partition coefficient (Wildman–Crippen LogP) is 1.04. The van der Waals surface area contributed by atoms with Gasteiger partial charge in [0.15, 0.2) is 5.96 Å². The molecule has 0 saturated heterocycles. The molecule has 1 aromatic carbocycles. The predicted molar refractivity (Wildman–Crippen MR) is 60.0 cm³/mol. The van der Waals surface area contributed by atoms with Crippen LogP contribution in [-0.4, -0.2) is 19.6 Å². The first-order chi connectivity index (χ1) is 7.31. The molecule has 0 aromatic heterocycles. The fourth-order valence-corrected chi connectivity index (χ4v) is 1.80. The van der Waals surface area contributed by atoms with E-state index < -0.39 is 0 Å². The summed E-state index contributed by atoms with van der Waals surface area (Å²) in [4.78, 5) is 4.10. The number of rotatable bonds is 2. The third-order valence-corrected chi connectivity index (χ3v) is 2.54. The van der Waals surface area contributed by atoms with Crippen molar-refractivity contribution in [3.63, 3.8) is 0 Å². The van der Waals surface area contributed by atoms with Crippen LogP contribution in [0.2, 0.25) is 0 Å². The normalized spacial score (nSPS) is 20.3. The van der Waals surface area contributed by atoms with E-state index in [2.05, 4.69) is 16.4 Å². The van der Waals surface area contributed by atoms with Crippen LogP contribution in [0.15, 0.2) is 29.3 Å². The first-order valence-corrected chi connectivity index (χ1v) is 5.00. The molecule has 1 atom stereocenters. The Morgan fingerprint density at radius 1 is 1.47 bits per heavy atom. The summed E-state index contributed by atoms with van der Waals surface area (Å²) in [5, 5.41) is 3.16. The number of para-hydroxylation sites is 1. The van der Waals surface area contributed by atoms with Crippen molar-refractivity contribution in [1.82, 2.24) is 5.32 Å². The Kier molecular flexibility index (Phi) is 2.76. The minimum absolute atomic E-state index is 0.207. The molecular weight excluding hydrogens is 190 g/mol. The number of methoxy groups -OCH3 is 1. The average Bonchev–Trinajstić information content (AvgIpc) is 2.29. The van der Waals surface area contributed by atoms with Gasteiger partial charge in [-0.05, 0) is 12.5 Å². The Labute approximate surface area is 89.1 Å². The third kappa shape index (κ3) is 2.03. The number of hydrogen-bond acceptors (Lipinski definition) is 4. The highest BCUT2D eigenvalue weighted by molar-refractivity contribution is 5.79. The monoisotopic (exact) mass is 205 g/mol. The summed E-state index contributed by atoms with van der Waals surface area (Å²) in [6, 6.07) is 8.18. The van der Waals surface area contributed by atoms with Crippen LogP contribution in [0.25, 0.3) is 0 Å². The van der Waals surface area contributed by atoms with E-state index >= 15 is 0 Å². The number of nitrogens with one attached hydrogen (secondary N) is 1. The van der Waals surface area contributed by atoms with Crippen molar-refractivity contribution in [3.05, 3.63) is 29.8 Å². The van der Waals surface area contributed by atoms with E-state index in [0.717, 1.165) is 24.3 Å². The fourth-order valence-electron chi connectivity index (χ4n) is 1.80. The van der Waals surface area contributed by atoms with Crippen molar-refractivity contribution < 1.29 is 4.74 Å². The molecule has 1 heterocycles. The molecule has 2 rings (SSSR count). The Balaban J connectivity index is 2.25. The molecule has 1 aliphatic heterocycles. The summed E-state index contributed by atoms with van der Waals surface area (Å²) in [6.45, 7) is 0.765. The largest absolute Gasteiger partial charge is 0.496 e. The second-order valence-corrected chi connectivity index (χ2v) is 3.49. The highest BCUT2D eigenvalue weighted by Gasteiger charge is 2.18. The molecule has 4 heteroatoms. The van der Waals surface area contributed by atoms with Crippen LogP contribution in [0, 0.1) is 0 Å². The highest BCUT2D eigenvalue weighted by Crippen LogP contribution is 2.27. The Morgan fingerprint density at radius 3 is 3.00 bits per heavy atom. The van der Waals surface area contributed by atoms with Crippen molar-refractivity contribution in [1.29, 1.82) is 0 Å². The molecule has 1 aliphatic rings. The van der Waals surface area contributed by atoms with E-state index in [1.165, 1.54) is 0 Å². The maximum absolute atomic E-state index is 5.65. The highest BCUT2D eigenvalue weighted by atomic mass is 16.5. The molecule has 15 heavy (non-hydrogen) atoms. The molecule has 1 aromatic rings. The van der Waals surface area contributed by atoms with Gasteiger partial charge in [-0.2, -0.15) is 0 Å². The molecule has 1 unspecified atom stereocenters. The average molecular weight is 205 g/mol. The van der Waals surface area contributed by atoms with Gasteiger partial charge in [0, 0.05) is 12.1 Å². The second-order valence-electron chi connectivity index (χ2n) is 3.49. The van der Waals surface area contributed by atoms with Gasteiger partial charge < -0.3 is 15.8 Å². The van der Waals surface area contributed by atoms with Crippen molar-refractivity contribution >= 4 is 5.96 Å². The summed E-state index contributed by atoms with van der Waals surface area (Å²) < 4.78 is 5.31. The molecule has 0 saturated carbocycles. The minimum atomic E-state index is 0.207. The SMILES string of the molecule is COc1ccccc1C1CCN=C(N)N1. The Morgan fingerprint density at radius 2 is 2.27 bits per heavy atom. The first-order valence-electron chi connectivity index (χ1n) is 5.00.